The van der Waals surface area contributed by atoms with Gasteiger partial charge < -0.3 is 14.8 Å². The van der Waals surface area contributed by atoms with Crippen LogP contribution in [0, 0.1) is 0 Å². The van der Waals surface area contributed by atoms with E-state index in [2.05, 4.69) is 5.32 Å². The number of benzene rings is 2. The molecule has 2 aromatic carbocycles. The van der Waals surface area contributed by atoms with Crippen molar-refractivity contribution in [3.63, 3.8) is 0 Å². The van der Waals surface area contributed by atoms with Crippen molar-refractivity contribution in [2.75, 3.05) is 25.1 Å². The maximum absolute atomic E-state index is 12.1. The first-order chi connectivity index (χ1) is 10.7. The average Bonchev–Trinajstić information content (AvgIpc) is 2.54. The summed E-state index contributed by atoms with van der Waals surface area (Å²) in [6.07, 6.45) is 0. The zero-order valence-corrected chi connectivity index (χ0v) is 13.1. The van der Waals surface area contributed by atoms with Gasteiger partial charge >= 0.3 is 0 Å². The van der Waals surface area contributed by atoms with E-state index in [1.54, 1.807) is 36.4 Å². The Labute approximate surface area is 135 Å². The number of carbonyl (C=O) groups is 1. The zero-order valence-electron chi connectivity index (χ0n) is 12.3. The molecule has 0 atom stereocenters. The third-order valence-electron chi connectivity index (χ3n) is 2.92. The molecule has 0 saturated carbocycles. The van der Waals surface area contributed by atoms with Crippen LogP contribution in [-0.4, -0.2) is 25.7 Å². The number of anilines is 1. The molecule has 0 aromatic heterocycles. The van der Waals surface area contributed by atoms with Gasteiger partial charge in [-0.05, 0) is 55.5 Å². The molecule has 1 amide bonds. The lowest BCUT2D eigenvalue weighted by atomic mass is 10.2. The van der Waals surface area contributed by atoms with Crippen LogP contribution in [0.15, 0.2) is 48.5 Å². The van der Waals surface area contributed by atoms with Gasteiger partial charge in [-0.25, -0.2) is 0 Å². The first-order valence-corrected chi connectivity index (χ1v) is 7.44. The zero-order chi connectivity index (χ0) is 15.8. The van der Waals surface area contributed by atoms with Gasteiger partial charge in [0.15, 0.2) is 0 Å². The molecule has 0 bridgehead atoms. The van der Waals surface area contributed by atoms with E-state index in [0.29, 0.717) is 36.1 Å². The van der Waals surface area contributed by atoms with Crippen LogP contribution in [0.1, 0.15) is 17.3 Å². The number of rotatable bonds is 7. The number of ether oxygens (including phenoxy) is 2. The minimum Gasteiger partial charge on any atom is -0.491 e. The van der Waals surface area contributed by atoms with E-state index in [4.69, 9.17) is 21.1 Å². The van der Waals surface area contributed by atoms with Gasteiger partial charge in [-0.2, -0.15) is 0 Å². The SMILES string of the molecule is CCOCCOc1ccc(NC(=O)c2ccc(Cl)cc2)cc1. The van der Waals surface area contributed by atoms with Crippen molar-refractivity contribution < 1.29 is 14.3 Å². The minimum absolute atomic E-state index is 0.179. The van der Waals surface area contributed by atoms with Crippen LogP contribution in [0.5, 0.6) is 5.75 Å². The molecule has 0 aliphatic carbocycles. The standard InChI is InChI=1S/C17H18ClNO3/c1-2-21-11-12-22-16-9-7-15(8-10-16)19-17(20)13-3-5-14(18)6-4-13/h3-10H,2,11-12H2,1H3,(H,19,20). The van der Waals surface area contributed by atoms with Crippen LogP contribution < -0.4 is 10.1 Å². The summed E-state index contributed by atoms with van der Waals surface area (Å²) in [6.45, 7) is 3.69. The van der Waals surface area contributed by atoms with E-state index in [9.17, 15) is 4.79 Å². The molecular weight excluding hydrogens is 302 g/mol. The van der Waals surface area contributed by atoms with Gasteiger partial charge in [0.05, 0.1) is 6.61 Å². The Morgan fingerprint density at radius 2 is 1.73 bits per heavy atom. The fraction of sp³-hybridized carbons (Fsp3) is 0.235. The molecule has 4 nitrogen and oxygen atoms in total. The molecule has 2 aromatic rings. The molecule has 0 radical (unpaired) electrons. The maximum atomic E-state index is 12.1. The first-order valence-electron chi connectivity index (χ1n) is 7.06. The monoisotopic (exact) mass is 319 g/mol. The number of amides is 1. The molecule has 2 rings (SSSR count). The number of carbonyl (C=O) groups excluding carboxylic acids is 1. The third-order valence-corrected chi connectivity index (χ3v) is 3.17. The third kappa shape index (κ3) is 5.06. The predicted molar refractivity (Wildman–Crippen MR) is 87.8 cm³/mol. The Morgan fingerprint density at radius 1 is 1.05 bits per heavy atom. The van der Waals surface area contributed by atoms with Gasteiger partial charge in [-0.3, -0.25) is 4.79 Å². The highest BCUT2D eigenvalue weighted by Crippen LogP contribution is 2.17. The smallest absolute Gasteiger partial charge is 0.255 e. The summed E-state index contributed by atoms with van der Waals surface area (Å²) in [4.78, 5) is 12.1. The van der Waals surface area contributed by atoms with Gasteiger partial charge in [0.2, 0.25) is 0 Å². The second-order valence-corrected chi connectivity index (χ2v) is 4.97. The van der Waals surface area contributed by atoms with Crippen LogP contribution in [0.25, 0.3) is 0 Å². The first kappa shape index (κ1) is 16.3. The summed E-state index contributed by atoms with van der Waals surface area (Å²) in [6, 6.07) is 13.9. The molecule has 116 valence electrons. The summed E-state index contributed by atoms with van der Waals surface area (Å²) >= 11 is 5.80. The van der Waals surface area contributed by atoms with Crippen LogP contribution in [0.2, 0.25) is 5.02 Å². The largest absolute Gasteiger partial charge is 0.491 e. The number of hydrogen-bond acceptors (Lipinski definition) is 3. The van der Waals surface area contributed by atoms with Crippen molar-refractivity contribution in [1.82, 2.24) is 0 Å². The van der Waals surface area contributed by atoms with Gasteiger partial charge in [0.1, 0.15) is 12.4 Å². The van der Waals surface area contributed by atoms with Gasteiger partial charge in [-0.1, -0.05) is 11.6 Å². The van der Waals surface area contributed by atoms with E-state index in [0.717, 1.165) is 5.75 Å². The Kier molecular flexibility index (Phi) is 6.25. The molecule has 0 unspecified atom stereocenters. The molecule has 0 aliphatic heterocycles. The lowest BCUT2D eigenvalue weighted by Crippen LogP contribution is -2.11. The van der Waals surface area contributed by atoms with Gasteiger partial charge in [0.25, 0.3) is 5.91 Å². The van der Waals surface area contributed by atoms with E-state index in [-0.39, 0.29) is 5.91 Å². The maximum Gasteiger partial charge on any atom is 0.255 e. The molecular formula is C17H18ClNO3. The van der Waals surface area contributed by atoms with Crippen molar-refractivity contribution in [1.29, 1.82) is 0 Å². The Bertz CT molecular complexity index is 596. The molecule has 0 heterocycles. The summed E-state index contributed by atoms with van der Waals surface area (Å²) < 4.78 is 10.7. The normalized spacial score (nSPS) is 10.3. The average molecular weight is 320 g/mol. The summed E-state index contributed by atoms with van der Waals surface area (Å²) in [5.74, 6) is 0.561. The lowest BCUT2D eigenvalue weighted by molar-refractivity contribution is 0.102. The molecule has 0 saturated heterocycles. The van der Waals surface area contributed by atoms with Crippen LogP contribution >= 0.6 is 11.6 Å². The van der Waals surface area contributed by atoms with Crippen molar-refractivity contribution in [3.05, 3.63) is 59.1 Å². The van der Waals surface area contributed by atoms with Crippen LogP contribution in [-0.2, 0) is 4.74 Å². The van der Waals surface area contributed by atoms with Crippen molar-refractivity contribution in [2.45, 2.75) is 6.92 Å². The second kappa shape index (κ2) is 8.41. The second-order valence-electron chi connectivity index (χ2n) is 4.53. The molecule has 0 spiro atoms. The summed E-state index contributed by atoms with van der Waals surface area (Å²) in [5.41, 5.74) is 1.26. The lowest BCUT2D eigenvalue weighted by Gasteiger charge is -2.08. The van der Waals surface area contributed by atoms with Crippen molar-refractivity contribution in [3.8, 4) is 5.75 Å². The van der Waals surface area contributed by atoms with Gasteiger partial charge in [0, 0.05) is 22.9 Å². The van der Waals surface area contributed by atoms with Gasteiger partial charge in [-0.15, -0.1) is 0 Å². The van der Waals surface area contributed by atoms with Crippen molar-refractivity contribution >= 4 is 23.2 Å². The number of hydrogen-bond donors (Lipinski definition) is 1. The molecule has 22 heavy (non-hydrogen) atoms. The van der Waals surface area contributed by atoms with E-state index < -0.39 is 0 Å². The highest BCUT2D eigenvalue weighted by molar-refractivity contribution is 6.30. The molecule has 0 fully saturated rings. The summed E-state index contributed by atoms with van der Waals surface area (Å²) in [5, 5.41) is 3.42. The minimum atomic E-state index is -0.179. The Balaban J connectivity index is 1.88. The van der Waals surface area contributed by atoms with E-state index >= 15 is 0 Å². The Morgan fingerprint density at radius 3 is 2.36 bits per heavy atom. The Hall–Kier alpha value is -2.04. The quantitative estimate of drug-likeness (QED) is 0.784. The number of halogens is 1. The fourth-order valence-corrected chi connectivity index (χ4v) is 1.93. The van der Waals surface area contributed by atoms with E-state index in [1.807, 2.05) is 19.1 Å². The molecule has 1 N–H and O–H groups in total. The highest BCUT2D eigenvalue weighted by Gasteiger charge is 2.05. The molecule has 5 heteroatoms. The topological polar surface area (TPSA) is 47.6 Å². The van der Waals surface area contributed by atoms with Crippen LogP contribution in [0.3, 0.4) is 0 Å². The highest BCUT2D eigenvalue weighted by atomic mass is 35.5. The predicted octanol–water partition coefficient (Wildman–Crippen LogP) is 4.01. The van der Waals surface area contributed by atoms with Crippen LogP contribution in [0.4, 0.5) is 5.69 Å². The van der Waals surface area contributed by atoms with E-state index in [1.165, 1.54) is 0 Å². The fourth-order valence-electron chi connectivity index (χ4n) is 1.80. The summed E-state index contributed by atoms with van der Waals surface area (Å²) in [7, 11) is 0. The number of nitrogens with one attached hydrogen (secondary N) is 1. The van der Waals surface area contributed by atoms with Crippen molar-refractivity contribution in [2.24, 2.45) is 0 Å². The molecule has 0 aliphatic rings.